The highest BCUT2D eigenvalue weighted by molar-refractivity contribution is 6.53. The first-order valence-electron chi connectivity index (χ1n) is 8.05. The average molecular weight is 334 g/mol. The number of carbonyl (C=O) groups is 1. The Kier molecular flexibility index (Phi) is 3.79. The van der Waals surface area contributed by atoms with Gasteiger partial charge in [-0.2, -0.15) is 0 Å². The van der Waals surface area contributed by atoms with Gasteiger partial charge in [-0.3, -0.25) is 4.79 Å². The molecule has 3 saturated carbocycles. The van der Waals surface area contributed by atoms with E-state index in [4.69, 9.17) is 27.9 Å². The molecular weight excluding hydrogens is 309 g/mol. The minimum atomic E-state index is -0.885. The Bertz CT molecular complexity index is 448. The molecule has 3 aliphatic rings. The summed E-state index contributed by atoms with van der Waals surface area (Å²) in [4.78, 5) is 14.7. The molecule has 1 spiro atoms. The van der Waals surface area contributed by atoms with Gasteiger partial charge in [0.1, 0.15) is 4.33 Å². The van der Waals surface area contributed by atoms with Crippen LogP contribution in [0.4, 0.5) is 0 Å². The van der Waals surface area contributed by atoms with Crippen molar-refractivity contribution < 1.29 is 9.53 Å². The van der Waals surface area contributed by atoms with Gasteiger partial charge in [0.2, 0.25) is 5.91 Å². The molecule has 0 aromatic carbocycles. The van der Waals surface area contributed by atoms with Crippen molar-refractivity contribution in [3.05, 3.63) is 0 Å². The second kappa shape index (κ2) is 5.01. The Balaban J connectivity index is 1.74. The van der Waals surface area contributed by atoms with Crippen LogP contribution in [0.25, 0.3) is 0 Å². The number of amides is 1. The molecule has 3 rings (SSSR count). The Morgan fingerprint density at radius 3 is 2.38 bits per heavy atom. The van der Waals surface area contributed by atoms with Crippen LogP contribution in [0.1, 0.15) is 52.4 Å². The van der Waals surface area contributed by atoms with Crippen LogP contribution >= 0.6 is 23.2 Å². The SMILES string of the molecule is CCO[C@@H]1C[C@@H](N(C)C(=O)[C@]2(C)CC2(Cl)Cl)C12CCCC2. The minimum Gasteiger partial charge on any atom is -0.378 e. The molecule has 120 valence electrons. The zero-order valence-corrected chi connectivity index (χ0v) is 14.6. The van der Waals surface area contributed by atoms with Gasteiger partial charge in [0.05, 0.1) is 11.5 Å². The Morgan fingerprint density at radius 2 is 1.90 bits per heavy atom. The maximum Gasteiger partial charge on any atom is 0.231 e. The predicted octanol–water partition coefficient (Wildman–Crippen LogP) is 3.77. The van der Waals surface area contributed by atoms with Gasteiger partial charge in [-0.05, 0) is 39.5 Å². The lowest BCUT2D eigenvalue weighted by Gasteiger charge is -2.57. The van der Waals surface area contributed by atoms with E-state index in [0.717, 1.165) is 13.0 Å². The Labute approximate surface area is 137 Å². The maximum atomic E-state index is 12.8. The lowest BCUT2D eigenvalue weighted by Crippen LogP contribution is -2.64. The van der Waals surface area contributed by atoms with Gasteiger partial charge in [0, 0.05) is 25.1 Å². The van der Waals surface area contributed by atoms with Crippen molar-refractivity contribution in [2.24, 2.45) is 10.8 Å². The number of nitrogens with zero attached hydrogens (tertiary/aromatic N) is 1. The lowest BCUT2D eigenvalue weighted by atomic mass is 9.60. The first kappa shape index (κ1) is 15.9. The fourth-order valence-electron chi connectivity index (χ4n) is 4.56. The predicted molar refractivity (Wildman–Crippen MR) is 84.7 cm³/mol. The van der Waals surface area contributed by atoms with Gasteiger partial charge in [-0.25, -0.2) is 0 Å². The Hall–Kier alpha value is 0.01000. The molecule has 5 heteroatoms. The fraction of sp³-hybridized carbons (Fsp3) is 0.938. The number of rotatable bonds is 4. The van der Waals surface area contributed by atoms with Crippen LogP contribution in [-0.2, 0) is 9.53 Å². The minimum absolute atomic E-state index is 0.0960. The lowest BCUT2D eigenvalue weighted by molar-refractivity contribution is -0.175. The van der Waals surface area contributed by atoms with Crippen LogP contribution in [-0.4, -0.2) is 40.9 Å². The summed E-state index contributed by atoms with van der Waals surface area (Å²) in [7, 11) is 1.92. The molecule has 3 nitrogen and oxygen atoms in total. The third kappa shape index (κ3) is 2.14. The van der Waals surface area contributed by atoms with E-state index in [1.165, 1.54) is 25.7 Å². The molecule has 0 unspecified atom stereocenters. The van der Waals surface area contributed by atoms with Gasteiger partial charge >= 0.3 is 0 Å². The molecule has 21 heavy (non-hydrogen) atoms. The molecule has 0 radical (unpaired) electrons. The number of halogens is 2. The van der Waals surface area contributed by atoms with E-state index in [9.17, 15) is 4.79 Å². The number of carbonyl (C=O) groups excluding carboxylic acids is 1. The number of alkyl halides is 2. The molecule has 0 heterocycles. The van der Waals surface area contributed by atoms with Crippen LogP contribution in [0.5, 0.6) is 0 Å². The maximum absolute atomic E-state index is 12.8. The summed E-state index contributed by atoms with van der Waals surface area (Å²) in [6, 6.07) is 0.283. The molecule has 0 bridgehead atoms. The average Bonchev–Trinajstić information content (AvgIpc) is 2.85. The summed E-state index contributed by atoms with van der Waals surface area (Å²) in [5.41, 5.74) is -0.436. The monoisotopic (exact) mass is 333 g/mol. The third-order valence-electron chi connectivity index (χ3n) is 6.16. The second-order valence-corrected chi connectivity index (χ2v) is 8.75. The molecule has 1 amide bonds. The number of hydrogen-bond donors (Lipinski definition) is 0. The highest BCUT2D eigenvalue weighted by Crippen LogP contribution is 2.65. The van der Waals surface area contributed by atoms with Gasteiger partial charge in [0.25, 0.3) is 0 Å². The third-order valence-corrected chi connectivity index (χ3v) is 7.26. The largest absolute Gasteiger partial charge is 0.378 e. The van der Waals surface area contributed by atoms with Gasteiger partial charge in [-0.1, -0.05) is 12.8 Å². The summed E-state index contributed by atoms with van der Waals surface area (Å²) < 4.78 is 5.04. The summed E-state index contributed by atoms with van der Waals surface area (Å²) >= 11 is 12.4. The van der Waals surface area contributed by atoms with E-state index in [0.29, 0.717) is 12.5 Å². The standard InChI is InChI=1S/C16H25Cl2NO2/c1-4-21-12-9-11(15(12)7-5-6-8-15)19(3)13(20)14(2)10-16(14,17)18/h11-12H,4-10H2,1-3H3/t11-,12-,14+/m1/s1. The highest BCUT2D eigenvalue weighted by atomic mass is 35.5. The van der Waals surface area contributed by atoms with Crippen molar-refractivity contribution in [3.63, 3.8) is 0 Å². The smallest absolute Gasteiger partial charge is 0.231 e. The van der Waals surface area contributed by atoms with Crippen molar-refractivity contribution in [2.45, 2.75) is 68.9 Å². The van der Waals surface area contributed by atoms with Crippen LogP contribution in [0, 0.1) is 10.8 Å². The van der Waals surface area contributed by atoms with Crippen LogP contribution < -0.4 is 0 Å². The zero-order chi connectivity index (χ0) is 15.5. The van der Waals surface area contributed by atoms with E-state index in [1.54, 1.807) is 0 Å². The first-order valence-corrected chi connectivity index (χ1v) is 8.81. The van der Waals surface area contributed by atoms with Crippen molar-refractivity contribution in [1.82, 2.24) is 4.90 Å². The van der Waals surface area contributed by atoms with Crippen molar-refractivity contribution >= 4 is 29.1 Å². The van der Waals surface area contributed by atoms with Crippen molar-refractivity contribution in [3.8, 4) is 0 Å². The Morgan fingerprint density at radius 1 is 1.33 bits per heavy atom. The molecule has 0 saturated heterocycles. The summed E-state index contributed by atoms with van der Waals surface area (Å²) in [6.07, 6.45) is 6.65. The van der Waals surface area contributed by atoms with Gasteiger partial charge in [-0.15, -0.1) is 23.2 Å². The molecular formula is C16H25Cl2NO2. The van der Waals surface area contributed by atoms with E-state index >= 15 is 0 Å². The first-order chi connectivity index (χ1) is 9.78. The molecule has 3 aliphatic carbocycles. The summed E-state index contributed by atoms with van der Waals surface area (Å²) in [6.45, 7) is 4.68. The molecule has 0 aromatic heterocycles. The van der Waals surface area contributed by atoms with Crippen LogP contribution in [0.3, 0.4) is 0 Å². The van der Waals surface area contributed by atoms with Gasteiger partial charge < -0.3 is 9.64 Å². The highest BCUT2D eigenvalue weighted by Gasteiger charge is 2.70. The molecule has 0 aliphatic heterocycles. The number of ether oxygens (including phenoxy) is 1. The van der Waals surface area contributed by atoms with Crippen LogP contribution in [0.15, 0.2) is 0 Å². The van der Waals surface area contributed by atoms with E-state index < -0.39 is 9.75 Å². The molecule has 3 fully saturated rings. The van der Waals surface area contributed by atoms with E-state index in [2.05, 4.69) is 0 Å². The van der Waals surface area contributed by atoms with Crippen molar-refractivity contribution in [2.75, 3.05) is 13.7 Å². The molecule has 0 aromatic rings. The topological polar surface area (TPSA) is 29.5 Å². The molecule has 3 atom stereocenters. The van der Waals surface area contributed by atoms with Gasteiger partial charge in [0.15, 0.2) is 0 Å². The summed E-state index contributed by atoms with van der Waals surface area (Å²) in [5.74, 6) is 0.0960. The van der Waals surface area contributed by atoms with Crippen molar-refractivity contribution in [1.29, 1.82) is 0 Å². The summed E-state index contributed by atoms with van der Waals surface area (Å²) in [5, 5.41) is 0. The quantitative estimate of drug-likeness (QED) is 0.733. The second-order valence-electron chi connectivity index (χ2n) is 7.27. The number of hydrogen-bond acceptors (Lipinski definition) is 2. The molecule has 0 N–H and O–H groups in total. The normalized spacial score (nSPS) is 39.1. The van der Waals surface area contributed by atoms with E-state index in [1.807, 2.05) is 25.8 Å². The fourth-order valence-corrected chi connectivity index (χ4v) is 5.25. The zero-order valence-electron chi connectivity index (χ0n) is 13.1. The van der Waals surface area contributed by atoms with Crippen LogP contribution in [0.2, 0.25) is 0 Å². The van der Waals surface area contributed by atoms with E-state index in [-0.39, 0.29) is 17.4 Å².